The maximum atomic E-state index is 13.2. The molecule has 0 aromatic heterocycles. The number of ether oxygens (including phenoxy) is 1. The molecule has 0 unspecified atom stereocenters. The Hall–Kier alpha value is -1.82. The highest BCUT2D eigenvalue weighted by Gasteiger charge is 2.20. The number of halogens is 3. The van der Waals surface area contributed by atoms with E-state index in [0.717, 1.165) is 38.2 Å². The summed E-state index contributed by atoms with van der Waals surface area (Å²) in [6.07, 6.45) is 1.94. The van der Waals surface area contributed by atoms with Crippen molar-refractivity contribution in [3.8, 4) is 5.75 Å². The van der Waals surface area contributed by atoms with Crippen molar-refractivity contribution in [3.05, 3.63) is 63.9 Å². The van der Waals surface area contributed by atoms with Crippen LogP contribution in [0.15, 0.2) is 42.5 Å². The van der Waals surface area contributed by atoms with Crippen molar-refractivity contribution >= 4 is 29.1 Å². The van der Waals surface area contributed by atoms with E-state index in [0.29, 0.717) is 22.2 Å². The predicted octanol–water partition coefficient (Wildman–Crippen LogP) is 4.41. The highest BCUT2D eigenvalue weighted by Crippen LogP contribution is 2.28. The second-order valence-electron chi connectivity index (χ2n) is 6.50. The molecule has 4 nitrogen and oxygen atoms in total. The quantitative estimate of drug-likeness (QED) is 0.766. The van der Waals surface area contributed by atoms with Crippen molar-refractivity contribution in [1.82, 2.24) is 10.2 Å². The Kier molecular flexibility index (Phi) is 6.94. The van der Waals surface area contributed by atoms with Gasteiger partial charge in [-0.1, -0.05) is 29.3 Å². The van der Waals surface area contributed by atoms with E-state index in [1.807, 2.05) is 6.07 Å². The minimum Gasteiger partial charge on any atom is -0.490 e. The Morgan fingerprint density at radius 1 is 1.15 bits per heavy atom. The first-order valence-corrected chi connectivity index (χ1v) is 9.64. The van der Waals surface area contributed by atoms with E-state index in [4.69, 9.17) is 27.9 Å². The minimum atomic E-state index is -0.410. The fourth-order valence-electron chi connectivity index (χ4n) is 3.05. The zero-order chi connectivity index (χ0) is 19.2. The molecule has 27 heavy (non-hydrogen) atoms. The zero-order valence-corrected chi connectivity index (χ0v) is 16.3. The molecule has 7 heteroatoms. The molecule has 0 aliphatic carbocycles. The maximum Gasteiger partial charge on any atom is 0.251 e. The molecule has 0 radical (unpaired) electrons. The molecular formula is C20H21Cl2FN2O2. The molecule has 2 aromatic carbocycles. The molecule has 0 spiro atoms. The number of nitrogens with zero attached hydrogens (tertiary/aromatic N) is 1. The summed E-state index contributed by atoms with van der Waals surface area (Å²) in [5.74, 6) is 0.0595. The van der Waals surface area contributed by atoms with Gasteiger partial charge in [0.15, 0.2) is 0 Å². The van der Waals surface area contributed by atoms with Crippen LogP contribution in [0.3, 0.4) is 0 Å². The van der Waals surface area contributed by atoms with E-state index in [2.05, 4.69) is 10.2 Å². The summed E-state index contributed by atoms with van der Waals surface area (Å²) in [4.78, 5) is 14.3. The maximum absolute atomic E-state index is 13.2. The molecule has 1 fully saturated rings. The van der Waals surface area contributed by atoms with E-state index in [1.165, 1.54) is 18.2 Å². The third-order valence-electron chi connectivity index (χ3n) is 4.53. The first-order valence-electron chi connectivity index (χ1n) is 8.89. The van der Waals surface area contributed by atoms with Gasteiger partial charge in [0.25, 0.3) is 5.91 Å². The van der Waals surface area contributed by atoms with E-state index >= 15 is 0 Å². The smallest absolute Gasteiger partial charge is 0.251 e. The van der Waals surface area contributed by atoms with Gasteiger partial charge in [-0.3, -0.25) is 4.79 Å². The van der Waals surface area contributed by atoms with Gasteiger partial charge >= 0.3 is 0 Å². The van der Waals surface area contributed by atoms with Gasteiger partial charge in [-0.05, 0) is 43.2 Å². The van der Waals surface area contributed by atoms with Gasteiger partial charge in [0.1, 0.15) is 17.7 Å². The van der Waals surface area contributed by atoms with Crippen LogP contribution in [-0.2, 0) is 0 Å². The van der Waals surface area contributed by atoms with Crippen molar-refractivity contribution in [3.63, 3.8) is 0 Å². The lowest BCUT2D eigenvalue weighted by Gasteiger charge is -2.32. The van der Waals surface area contributed by atoms with Crippen molar-refractivity contribution in [2.75, 3.05) is 26.2 Å². The number of carbonyl (C=O) groups is 1. The molecule has 1 aliphatic heterocycles. The van der Waals surface area contributed by atoms with Crippen molar-refractivity contribution in [1.29, 1.82) is 0 Å². The number of amides is 1. The monoisotopic (exact) mass is 410 g/mol. The van der Waals surface area contributed by atoms with Crippen LogP contribution in [0.2, 0.25) is 10.0 Å². The standard InChI is InChI=1S/C20H21Cl2FN2O2/c21-18-5-4-17(13-19(18)22)27-16-6-9-25(10-7-16)11-8-24-20(26)14-2-1-3-15(23)12-14/h1-5,12-13,16H,6-11H2,(H,24,26). The number of nitrogens with one attached hydrogen (secondary N) is 1. The molecule has 0 atom stereocenters. The minimum absolute atomic E-state index is 0.139. The van der Waals surface area contributed by atoms with Gasteiger partial charge in [0, 0.05) is 37.8 Å². The molecular weight excluding hydrogens is 390 g/mol. The van der Waals surface area contributed by atoms with Crippen LogP contribution in [0.25, 0.3) is 0 Å². The average Bonchev–Trinajstić information content (AvgIpc) is 2.66. The highest BCUT2D eigenvalue weighted by molar-refractivity contribution is 6.42. The molecule has 1 aliphatic rings. The van der Waals surface area contributed by atoms with Crippen LogP contribution < -0.4 is 10.1 Å². The summed E-state index contributed by atoms with van der Waals surface area (Å²) < 4.78 is 19.1. The summed E-state index contributed by atoms with van der Waals surface area (Å²) in [5.41, 5.74) is 0.337. The van der Waals surface area contributed by atoms with Crippen molar-refractivity contribution in [2.45, 2.75) is 18.9 Å². The van der Waals surface area contributed by atoms with Crippen LogP contribution in [0.1, 0.15) is 23.2 Å². The fourth-order valence-corrected chi connectivity index (χ4v) is 3.34. The topological polar surface area (TPSA) is 41.6 Å². The lowest BCUT2D eigenvalue weighted by Crippen LogP contribution is -2.42. The molecule has 3 rings (SSSR count). The van der Waals surface area contributed by atoms with Gasteiger partial charge in [0.05, 0.1) is 10.0 Å². The van der Waals surface area contributed by atoms with Gasteiger partial charge in [-0.25, -0.2) is 4.39 Å². The largest absolute Gasteiger partial charge is 0.490 e. The summed E-state index contributed by atoms with van der Waals surface area (Å²) in [7, 11) is 0. The highest BCUT2D eigenvalue weighted by atomic mass is 35.5. The third kappa shape index (κ3) is 5.83. The molecule has 2 aromatic rings. The normalized spacial score (nSPS) is 15.5. The van der Waals surface area contributed by atoms with Crippen molar-refractivity contribution < 1.29 is 13.9 Å². The SMILES string of the molecule is O=C(NCCN1CCC(Oc2ccc(Cl)c(Cl)c2)CC1)c1cccc(F)c1. The second-order valence-corrected chi connectivity index (χ2v) is 7.32. The molecule has 1 amide bonds. The molecule has 144 valence electrons. The third-order valence-corrected chi connectivity index (χ3v) is 5.27. The number of hydrogen-bond donors (Lipinski definition) is 1. The summed E-state index contributed by atoms with van der Waals surface area (Å²) in [6.45, 7) is 3.05. The van der Waals surface area contributed by atoms with E-state index in [-0.39, 0.29) is 12.0 Å². The Morgan fingerprint density at radius 2 is 1.93 bits per heavy atom. The van der Waals surface area contributed by atoms with Gasteiger partial charge in [0.2, 0.25) is 0 Å². The Labute approximate surface area is 168 Å². The van der Waals surface area contributed by atoms with E-state index in [9.17, 15) is 9.18 Å². The van der Waals surface area contributed by atoms with Crippen LogP contribution in [0.5, 0.6) is 5.75 Å². The second kappa shape index (κ2) is 9.40. The number of piperidine rings is 1. The number of carbonyl (C=O) groups excluding carboxylic acids is 1. The van der Waals surface area contributed by atoms with Crippen LogP contribution in [0.4, 0.5) is 4.39 Å². The summed E-state index contributed by atoms with van der Waals surface area (Å²) >= 11 is 11.9. The number of benzene rings is 2. The molecule has 0 saturated carbocycles. The van der Waals surface area contributed by atoms with E-state index in [1.54, 1.807) is 18.2 Å². The Balaban J connectivity index is 1.38. The Morgan fingerprint density at radius 3 is 2.63 bits per heavy atom. The van der Waals surface area contributed by atoms with E-state index < -0.39 is 5.82 Å². The molecule has 1 heterocycles. The zero-order valence-electron chi connectivity index (χ0n) is 14.8. The van der Waals surface area contributed by atoms with Gasteiger partial charge in [-0.15, -0.1) is 0 Å². The van der Waals surface area contributed by atoms with Crippen LogP contribution in [-0.4, -0.2) is 43.1 Å². The molecule has 1 N–H and O–H groups in total. The molecule has 1 saturated heterocycles. The van der Waals surface area contributed by atoms with Crippen molar-refractivity contribution in [2.24, 2.45) is 0 Å². The predicted molar refractivity (Wildman–Crippen MR) is 105 cm³/mol. The average molecular weight is 411 g/mol. The number of hydrogen-bond acceptors (Lipinski definition) is 3. The first-order chi connectivity index (χ1) is 13.0. The van der Waals surface area contributed by atoms with Crippen LogP contribution in [0, 0.1) is 5.82 Å². The first kappa shape index (κ1) is 19.9. The number of likely N-dealkylation sites (tertiary alicyclic amines) is 1. The Bertz CT molecular complexity index is 795. The van der Waals surface area contributed by atoms with Gasteiger partial charge in [-0.2, -0.15) is 0 Å². The lowest BCUT2D eigenvalue weighted by molar-refractivity contribution is 0.0905. The summed E-state index contributed by atoms with van der Waals surface area (Å²) in [5, 5.41) is 3.83. The van der Waals surface area contributed by atoms with Crippen LogP contribution >= 0.6 is 23.2 Å². The molecule has 0 bridgehead atoms. The van der Waals surface area contributed by atoms with Gasteiger partial charge < -0.3 is 15.0 Å². The summed E-state index contributed by atoms with van der Waals surface area (Å²) in [6, 6.07) is 11.0. The fraction of sp³-hybridized carbons (Fsp3) is 0.350. The lowest BCUT2D eigenvalue weighted by atomic mass is 10.1. The number of rotatable bonds is 6.